The smallest absolute Gasteiger partial charge is 0.251 e. The van der Waals surface area contributed by atoms with E-state index in [1.807, 2.05) is 0 Å². The van der Waals surface area contributed by atoms with Crippen LogP contribution in [0.3, 0.4) is 0 Å². The highest BCUT2D eigenvalue weighted by atomic mass is 32.1. The van der Waals surface area contributed by atoms with Crippen LogP contribution in [0.5, 0.6) is 11.5 Å². The highest BCUT2D eigenvalue weighted by molar-refractivity contribution is 7.13. The molecule has 1 aromatic carbocycles. The number of ether oxygens (including phenoxy) is 2. The fraction of sp³-hybridized carbons (Fsp3) is 0.474. The predicted octanol–water partition coefficient (Wildman–Crippen LogP) is 3.12. The molecule has 1 aliphatic heterocycles. The zero-order chi connectivity index (χ0) is 18.4. The van der Waals surface area contributed by atoms with Gasteiger partial charge in [0.25, 0.3) is 5.91 Å². The van der Waals surface area contributed by atoms with Gasteiger partial charge in [-0.15, -0.1) is 11.3 Å². The van der Waals surface area contributed by atoms with Crippen molar-refractivity contribution in [2.75, 3.05) is 38.8 Å². The number of thiazole rings is 1. The highest BCUT2D eigenvalue weighted by Gasteiger charge is 2.15. The molecule has 26 heavy (non-hydrogen) atoms. The summed E-state index contributed by atoms with van der Waals surface area (Å²) < 4.78 is 10.4. The highest BCUT2D eigenvalue weighted by Crippen LogP contribution is 2.27. The number of anilines is 1. The van der Waals surface area contributed by atoms with E-state index >= 15 is 0 Å². The first-order valence-electron chi connectivity index (χ1n) is 8.91. The van der Waals surface area contributed by atoms with Crippen LogP contribution in [-0.4, -0.2) is 44.7 Å². The van der Waals surface area contributed by atoms with Crippen molar-refractivity contribution in [2.45, 2.75) is 25.7 Å². The maximum Gasteiger partial charge on any atom is 0.251 e. The Morgan fingerprint density at radius 2 is 1.96 bits per heavy atom. The Balaban J connectivity index is 1.51. The molecule has 0 spiro atoms. The number of aromatic nitrogens is 1. The Labute approximate surface area is 158 Å². The van der Waals surface area contributed by atoms with Crippen molar-refractivity contribution in [3.8, 4) is 11.5 Å². The van der Waals surface area contributed by atoms with E-state index in [0.29, 0.717) is 23.6 Å². The van der Waals surface area contributed by atoms with E-state index in [9.17, 15) is 4.79 Å². The molecule has 140 valence electrons. The molecule has 1 aliphatic rings. The number of hydrogen-bond donors (Lipinski definition) is 1. The van der Waals surface area contributed by atoms with Gasteiger partial charge in [0.1, 0.15) is 0 Å². The molecule has 0 bridgehead atoms. The second-order valence-electron chi connectivity index (χ2n) is 6.24. The summed E-state index contributed by atoms with van der Waals surface area (Å²) in [4.78, 5) is 19.4. The van der Waals surface area contributed by atoms with Gasteiger partial charge in [0.2, 0.25) is 0 Å². The van der Waals surface area contributed by atoms with Gasteiger partial charge >= 0.3 is 0 Å². The number of hydrogen-bond acceptors (Lipinski definition) is 6. The average Bonchev–Trinajstić information content (AvgIpc) is 3.17. The topological polar surface area (TPSA) is 63.7 Å². The number of nitrogens with zero attached hydrogens (tertiary/aromatic N) is 2. The first-order chi connectivity index (χ1) is 12.7. The Kier molecular flexibility index (Phi) is 6.33. The second-order valence-corrected chi connectivity index (χ2v) is 7.08. The Morgan fingerprint density at radius 1 is 1.19 bits per heavy atom. The van der Waals surface area contributed by atoms with Crippen molar-refractivity contribution < 1.29 is 14.3 Å². The van der Waals surface area contributed by atoms with E-state index in [1.54, 1.807) is 43.8 Å². The SMILES string of the molecule is COc1ccc(C(=O)NCCc2csc(N3CCCCC3)n2)cc1OC. The molecule has 0 saturated carbocycles. The van der Waals surface area contributed by atoms with Gasteiger partial charge in [0.05, 0.1) is 19.9 Å². The Bertz CT molecular complexity index is 741. The predicted molar refractivity (Wildman–Crippen MR) is 104 cm³/mol. The van der Waals surface area contributed by atoms with Gasteiger partial charge in [-0.3, -0.25) is 4.79 Å². The van der Waals surface area contributed by atoms with Gasteiger partial charge in [0, 0.05) is 37.0 Å². The summed E-state index contributed by atoms with van der Waals surface area (Å²) in [7, 11) is 3.13. The number of rotatable bonds is 7. The third-order valence-electron chi connectivity index (χ3n) is 4.48. The fourth-order valence-electron chi connectivity index (χ4n) is 3.03. The van der Waals surface area contributed by atoms with Crippen LogP contribution in [0.2, 0.25) is 0 Å². The number of carbonyl (C=O) groups is 1. The number of benzene rings is 1. The van der Waals surface area contributed by atoms with Crippen LogP contribution >= 0.6 is 11.3 Å². The lowest BCUT2D eigenvalue weighted by Crippen LogP contribution is -2.29. The molecule has 0 atom stereocenters. The summed E-state index contributed by atoms with van der Waals surface area (Å²) in [5, 5.41) is 6.13. The first kappa shape index (κ1) is 18.5. The molecular formula is C19H25N3O3S. The third-order valence-corrected chi connectivity index (χ3v) is 5.43. The summed E-state index contributed by atoms with van der Waals surface area (Å²) >= 11 is 1.69. The molecule has 0 unspecified atom stereocenters. The molecule has 1 fully saturated rings. The molecule has 1 N–H and O–H groups in total. The number of carbonyl (C=O) groups excluding carboxylic acids is 1. The van der Waals surface area contributed by atoms with Crippen molar-refractivity contribution in [3.05, 3.63) is 34.8 Å². The van der Waals surface area contributed by atoms with E-state index in [2.05, 4.69) is 15.6 Å². The molecule has 6 nitrogen and oxygen atoms in total. The monoisotopic (exact) mass is 375 g/mol. The lowest BCUT2D eigenvalue weighted by molar-refractivity contribution is 0.0953. The molecular weight excluding hydrogens is 350 g/mol. The van der Waals surface area contributed by atoms with Crippen LogP contribution in [0.4, 0.5) is 5.13 Å². The van der Waals surface area contributed by atoms with Crippen LogP contribution in [0.15, 0.2) is 23.6 Å². The summed E-state index contributed by atoms with van der Waals surface area (Å²) in [5.74, 6) is 1.03. The number of amides is 1. The summed E-state index contributed by atoms with van der Waals surface area (Å²) in [6.45, 7) is 2.75. The van der Waals surface area contributed by atoms with Crippen molar-refractivity contribution in [2.24, 2.45) is 0 Å². The van der Waals surface area contributed by atoms with Crippen LogP contribution in [-0.2, 0) is 6.42 Å². The Hall–Kier alpha value is -2.28. The van der Waals surface area contributed by atoms with Gasteiger partial charge in [-0.05, 0) is 37.5 Å². The van der Waals surface area contributed by atoms with Crippen molar-refractivity contribution in [1.29, 1.82) is 0 Å². The molecule has 1 aromatic heterocycles. The van der Waals surface area contributed by atoms with E-state index in [0.717, 1.165) is 30.3 Å². The van der Waals surface area contributed by atoms with Gasteiger partial charge < -0.3 is 19.7 Å². The van der Waals surface area contributed by atoms with Crippen molar-refractivity contribution >= 4 is 22.4 Å². The van der Waals surface area contributed by atoms with E-state index in [1.165, 1.54) is 19.3 Å². The van der Waals surface area contributed by atoms with Crippen molar-refractivity contribution in [1.82, 2.24) is 10.3 Å². The van der Waals surface area contributed by atoms with Crippen LogP contribution < -0.4 is 19.7 Å². The molecule has 0 radical (unpaired) electrons. The molecule has 1 saturated heterocycles. The number of nitrogens with one attached hydrogen (secondary N) is 1. The van der Waals surface area contributed by atoms with Gasteiger partial charge in [-0.2, -0.15) is 0 Å². The van der Waals surface area contributed by atoms with E-state index in [-0.39, 0.29) is 5.91 Å². The van der Waals surface area contributed by atoms with E-state index in [4.69, 9.17) is 14.5 Å². The standard InChI is InChI=1S/C19H25N3O3S/c1-24-16-7-6-14(12-17(16)25-2)18(23)20-9-8-15-13-26-19(21-15)22-10-4-3-5-11-22/h6-7,12-13H,3-5,8-11H2,1-2H3,(H,20,23). The fourth-order valence-corrected chi connectivity index (χ4v) is 3.94. The summed E-state index contributed by atoms with van der Waals surface area (Å²) in [6.07, 6.45) is 4.53. The molecule has 2 heterocycles. The maximum absolute atomic E-state index is 12.3. The van der Waals surface area contributed by atoms with Crippen LogP contribution in [0, 0.1) is 0 Å². The molecule has 2 aromatic rings. The third kappa shape index (κ3) is 4.46. The quantitative estimate of drug-likeness (QED) is 0.806. The number of piperidine rings is 1. The second kappa shape index (κ2) is 8.89. The normalized spacial score (nSPS) is 14.2. The average molecular weight is 375 g/mol. The largest absolute Gasteiger partial charge is 0.493 e. The molecule has 0 aliphatic carbocycles. The van der Waals surface area contributed by atoms with Crippen molar-refractivity contribution in [3.63, 3.8) is 0 Å². The maximum atomic E-state index is 12.3. The zero-order valence-corrected chi connectivity index (χ0v) is 16.1. The zero-order valence-electron chi connectivity index (χ0n) is 15.3. The van der Waals surface area contributed by atoms with Gasteiger partial charge in [-0.1, -0.05) is 0 Å². The minimum absolute atomic E-state index is 0.127. The minimum Gasteiger partial charge on any atom is -0.493 e. The first-order valence-corrected chi connectivity index (χ1v) is 9.79. The minimum atomic E-state index is -0.127. The number of methoxy groups -OCH3 is 2. The molecule has 3 rings (SSSR count). The lowest BCUT2D eigenvalue weighted by Gasteiger charge is -2.25. The Morgan fingerprint density at radius 3 is 2.69 bits per heavy atom. The summed E-state index contributed by atoms with van der Waals surface area (Å²) in [5.41, 5.74) is 1.58. The molecule has 1 amide bonds. The van der Waals surface area contributed by atoms with E-state index < -0.39 is 0 Å². The van der Waals surface area contributed by atoms with Crippen LogP contribution in [0.1, 0.15) is 35.3 Å². The lowest BCUT2D eigenvalue weighted by atomic mass is 10.1. The van der Waals surface area contributed by atoms with Crippen LogP contribution in [0.25, 0.3) is 0 Å². The van der Waals surface area contributed by atoms with Gasteiger partial charge in [0.15, 0.2) is 16.6 Å². The summed E-state index contributed by atoms with van der Waals surface area (Å²) in [6, 6.07) is 5.15. The molecule has 7 heteroatoms. The van der Waals surface area contributed by atoms with Gasteiger partial charge in [-0.25, -0.2) is 4.98 Å².